The maximum atomic E-state index is 6.66. The zero-order valence-electron chi connectivity index (χ0n) is 10.7. The van der Waals surface area contributed by atoms with E-state index in [0.717, 1.165) is 26.2 Å². The Morgan fingerprint density at radius 3 is 2.75 bits per heavy atom. The summed E-state index contributed by atoms with van der Waals surface area (Å²) < 4.78 is 2.34. The smallest absolute Gasteiger partial charge is 0.0850 e. The minimum Gasteiger partial charge on any atom is -0.142 e. The summed E-state index contributed by atoms with van der Waals surface area (Å²) in [7, 11) is 0. The standard InChI is InChI=1S/C16H11BrCl2S/c1-9-5-6-10(7-14(9)18)15(19)12-8-20-16-11(12)3-2-4-13(16)17/h2-8,15H,1H3. The van der Waals surface area contributed by atoms with Crippen LogP contribution < -0.4 is 0 Å². The predicted molar refractivity (Wildman–Crippen MR) is 93.4 cm³/mol. The predicted octanol–water partition coefficient (Wildman–Crippen LogP) is 6.95. The average molecular weight is 386 g/mol. The van der Waals surface area contributed by atoms with Crippen molar-refractivity contribution in [2.75, 3.05) is 0 Å². The summed E-state index contributed by atoms with van der Waals surface area (Å²) >= 11 is 18.2. The summed E-state index contributed by atoms with van der Waals surface area (Å²) in [6.07, 6.45) is 0. The third-order valence-electron chi connectivity index (χ3n) is 3.34. The number of fused-ring (bicyclic) bond motifs is 1. The van der Waals surface area contributed by atoms with Crippen LogP contribution in [0.3, 0.4) is 0 Å². The van der Waals surface area contributed by atoms with Crippen LogP contribution in [-0.4, -0.2) is 0 Å². The molecule has 1 atom stereocenters. The Labute approximate surface area is 140 Å². The fourth-order valence-electron chi connectivity index (χ4n) is 2.18. The van der Waals surface area contributed by atoms with Gasteiger partial charge in [0.1, 0.15) is 0 Å². The third-order valence-corrected chi connectivity index (χ3v) is 6.21. The highest BCUT2D eigenvalue weighted by Gasteiger charge is 2.17. The summed E-state index contributed by atoms with van der Waals surface area (Å²) in [5.41, 5.74) is 3.23. The van der Waals surface area contributed by atoms with E-state index >= 15 is 0 Å². The molecule has 0 N–H and O–H groups in total. The molecular weight excluding hydrogens is 375 g/mol. The lowest BCUT2D eigenvalue weighted by Crippen LogP contribution is -1.92. The maximum Gasteiger partial charge on any atom is 0.0850 e. The minimum atomic E-state index is -0.184. The van der Waals surface area contributed by atoms with E-state index in [0.29, 0.717) is 0 Å². The van der Waals surface area contributed by atoms with E-state index in [9.17, 15) is 0 Å². The molecule has 0 nitrogen and oxygen atoms in total. The molecule has 0 spiro atoms. The molecule has 0 bridgehead atoms. The van der Waals surface area contributed by atoms with Gasteiger partial charge in [-0.25, -0.2) is 0 Å². The van der Waals surface area contributed by atoms with Gasteiger partial charge in [-0.3, -0.25) is 0 Å². The molecule has 3 rings (SSSR count). The summed E-state index contributed by atoms with van der Waals surface area (Å²) in [5.74, 6) is 0. The molecule has 20 heavy (non-hydrogen) atoms. The third kappa shape index (κ3) is 2.50. The number of thiophene rings is 1. The Bertz CT molecular complexity index is 779. The maximum absolute atomic E-state index is 6.66. The number of hydrogen-bond donors (Lipinski definition) is 0. The molecule has 1 aromatic heterocycles. The second kappa shape index (κ2) is 5.69. The molecule has 2 aromatic carbocycles. The van der Waals surface area contributed by atoms with Crippen LogP contribution in [0.2, 0.25) is 5.02 Å². The van der Waals surface area contributed by atoms with E-state index in [1.54, 1.807) is 11.3 Å². The van der Waals surface area contributed by atoms with Crippen molar-refractivity contribution in [2.45, 2.75) is 12.3 Å². The van der Waals surface area contributed by atoms with E-state index in [1.807, 2.05) is 31.2 Å². The lowest BCUT2D eigenvalue weighted by Gasteiger charge is -2.11. The molecule has 0 saturated carbocycles. The van der Waals surface area contributed by atoms with Crippen LogP contribution >= 0.6 is 50.5 Å². The van der Waals surface area contributed by atoms with Gasteiger partial charge in [-0.2, -0.15) is 0 Å². The van der Waals surface area contributed by atoms with Crippen molar-refractivity contribution in [1.29, 1.82) is 0 Å². The lowest BCUT2D eigenvalue weighted by molar-refractivity contribution is 1.16. The second-order valence-electron chi connectivity index (χ2n) is 4.68. The van der Waals surface area contributed by atoms with E-state index in [4.69, 9.17) is 23.2 Å². The van der Waals surface area contributed by atoms with Crippen LogP contribution in [0.25, 0.3) is 10.1 Å². The van der Waals surface area contributed by atoms with Gasteiger partial charge in [-0.05, 0) is 62.4 Å². The van der Waals surface area contributed by atoms with Gasteiger partial charge in [0.25, 0.3) is 0 Å². The average Bonchev–Trinajstić information content (AvgIpc) is 2.86. The molecule has 0 radical (unpaired) electrons. The van der Waals surface area contributed by atoms with Crippen molar-refractivity contribution in [3.8, 4) is 0 Å². The zero-order chi connectivity index (χ0) is 14.3. The van der Waals surface area contributed by atoms with Crippen LogP contribution in [0.15, 0.2) is 46.3 Å². The molecule has 0 saturated heterocycles. The normalized spacial score (nSPS) is 12.8. The van der Waals surface area contributed by atoms with Gasteiger partial charge in [-0.1, -0.05) is 35.9 Å². The second-order valence-corrected chi connectivity index (χ2v) is 7.26. The van der Waals surface area contributed by atoms with E-state index in [2.05, 4.69) is 33.4 Å². The highest BCUT2D eigenvalue weighted by Crippen LogP contribution is 2.40. The van der Waals surface area contributed by atoms with Crippen LogP contribution in [0.1, 0.15) is 22.1 Å². The highest BCUT2D eigenvalue weighted by molar-refractivity contribution is 9.10. The monoisotopic (exact) mass is 384 g/mol. The lowest BCUT2D eigenvalue weighted by atomic mass is 10.0. The summed E-state index contributed by atoms with van der Waals surface area (Å²) in [4.78, 5) is 0. The number of alkyl halides is 1. The molecule has 3 aromatic rings. The largest absolute Gasteiger partial charge is 0.142 e. The molecule has 0 amide bonds. The number of rotatable bonds is 2. The molecule has 0 aliphatic rings. The van der Waals surface area contributed by atoms with Gasteiger partial charge >= 0.3 is 0 Å². The molecule has 1 heterocycles. The number of benzene rings is 2. The number of hydrogen-bond acceptors (Lipinski definition) is 1. The van der Waals surface area contributed by atoms with Crippen molar-refractivity contribution < 1.29 is 0 Å². The first-order valence-corrected chi connectivity index (χ1v) is 8.62. The Kier molecular flexibility index (Phi) is 4.09. The summed E-state index contributed by atoms with van der Waals surface area (Å²) in [6.45, 7) is 1.99. The summed E-state index contributed by atoms with van der Waals surface area (Å²) in [6, 6.07) is 12.2. The van der Waals surface area contributed by atoms with Crippen molar-refractivity contribution in [1.82, 2.24) is 0 Å². The zero-order valence-corrected chi connectivity index (χ0v) is 14.6. The Morgan fingerprint density at radius 1 is 1.20 bits per heavy atom. The SMILES string of the molecule is Cc1ccc(C(Cl)c2csc3c(Br)cccc23)cc1Cl. The Balaban J connectivity index is 2.10. The van der Waals surface area contributed by atoms with Gasteiger partial charge in [-0.15, -0.1) is 22.9 Å². The van der Waals surface area contributed by atoms with Gasteiger partial charge in [0.15, 0.2) is 0 Å². The molecule has 102 valence electrons. The molecule has 1 unspecified atom stereocenters. The summed E-state index contributed by atoms with van der Waals surface area (Å²) in [5, 5.41) is 3.90. The topological polar surface area (TPSA) is 0 Å². The van der Waals surface area contributed by atoms with Crippen molar-refractivity contribution in [2.24, 2.45) is 0 Å². The fraction of sp³-hybridized carbons (Fsp3) is 0.125. The first-order valence-electron chi connectivity index (χ1n) is 6.13. The van der Waals surface area contributed by atoms with E-state index in [-0.39, 0.29) is 5.38 Å². The first kappa shape index (κ1) is 14.4. The molecule has 4 heteroatoms. The van der Waals surface area contributed by atoms with E-state index < -0.39 is 0 Å². The Morgan fingerprint density at radius 2 is 2.00 bits per heavy atom. The minimum absolute atomic E-state index is 0.184. The van der Waals surface area contributed by atoms with Crippen molar-refractivity contribution in [3.05, 3.63) is 68.0 Å². The van der Waals surface area contributed by atoms with Crippen molar-refractivity contribution >= 4 is 60.6 Å². The number of halogens is 3. The highest BCUT2D eigenvalue weighted by atomic mass is 79.9. The molecular formula is C16H11BrCl2S. The first-order chi connectivity index (χ1) is 9.58. The quantitative estimate of drug-likeness (QED) is 0.418. The van der Waals surface area contributed by atoms with Gasteiger partial charge in [0.05, 0.1) is 5.38 Å². The Hall–Kier alpha value is -0.540. The van der Waals surface area contributed by atoms with Crippen LogP contribution in [0.5, 0.6) is 0 Å². The number of aryl methyl sites for hydroxylation is 1. The van der Waals surface area contributed by atoms with E-state index in [1.165, 1.54) is 10.1 Å². The van der Waals surface area contributed by atoms with Crippen LogP contribution in [-0.2, 0) is 0 Å². The fourth-order valence-corrected chi connectivity index (χ4v) is 4.41. The van der Waals surface area contributed by atoms with Crippen LogP contribution in [0, 0.1) is 6.92 Å². The van der Waals surface area contributed by atoms with Gasteiger partial charge in [0.2, 0.25) is 0 Å². The molecule has 0 aliphatic carbocycles. The molecule has 0 fully saturated rings. The van der Waals surface area contributed by atoms with Gasteiger partial charge < -0.3 is 0 Å². The van der Waals surface area contributed by atoms with Crippen molar-refractivity contribution in [3.63, 3.8) is 0 Å². The van der Waals surface area contributed by atoms with Crippen LogP contribution in [0.4, 0.5) is 0 Å². The van der Waals surface area contributed by atoms with Gasteiger partial charge in [0, 0.05) is 14.2 Å². The molecule has 0 aliphatic heterocycles.